The molecule has 2 aromatic carbocycles. The van der Waals surface area contributed by atoms with E-state index in [4.69, 9.17) is 16.3 Å². The highest BCUT2D eigenvalue weighted by molar-refractivity contribution is 6.31. The molecule has 1 aromatic heterocycles. The van der Waals surface area contributed by atoms with Gasteiger partial charge in [-0.1, -0.05) is 11.6 Å². The lowest BCUT2D eigenvalue weighted by Gasteiger charge is -2.11. The summed E-state index contributed by atoms with van der Waals surface area (Å²) in [4.78, 5) is 20.5. The van der Waals surface area contributed by atoms with Crippen molar-refractivity contribution in [1.29, 1.82) is 0 Å². The van der Waals surface area contributed by atoms with Crippen LogP contribution in [0.3, 0.4) is 0 Å². The number of halogens is 3. The molecule has 0 fully saturated rings. The zero-order valence-corrected chi connectivity index (χ0v) is 14.7. The SMILES string of the molecule is COc1ccc(Cl)cc1NC(=O)c1ccnc(Nc2ccc(F)c(F)c2)n1. The number of nitrogens with zero attached hydrogens (tertiary/aromatic N) is 2. The Balaban J connectivity index is 1.79. The van der Waals surface area contributed by atoms with Gasteiger partial charge in [-0.3, -0.25) is 4.79 Å². The molecule has 2 N–H and O–H groups in total. The minimum absolute atomic E-state index is 0.0479. The van der Waals surface area contributed by atoms with E-state index in [-0.39, 0.29) is 17.3 Å². The summed E-state index contributed by atoms with van der Waals surface area (Å²) in [5.41, 5.74) is 0.670. The summed E-state index contributed by atoms with van der Waals surface area (Å²) in [6.07, 6.45) is 1.36. The summed E-state index contributed by atoms with van der Waals surface area (Å²) < 4.78 is 31.5. The highest BCUT2D eigenvalue weighted by Gasteiger charge is 2.13. The molecule has 27 heavy (non-hydrogen) atoms. The fourth-order valence-electron chi connectivity index (χ4n) is 2.21. The molecule has 0 saturated carbocycles. The van der Waals surface area contributed by atoms with Crippen molar-refractivity contribution in [1.82, 2.24) is 9.97 Å². The molecular weight excluding hydrogens is 378 g/mol. The number of aromatic nitrogens is 2. The molecule has 0 spiro atoms. The maximum absolute atomic E-state index is 13.3. The van der Waals surface area contributed by atoms with E-state index in [1.165, 1.54) is 25.4 Å². The van der Waals surface area contributed by atoms with Crippen LogP contribution in [0.1, 0.15) is 10.5 Å². The van der Waals surface area contributed by atoms with Crippen molar-refractivity contribution in [3.63, 3.8) is 0 Å². The van der Waals surface area contributed by atoms with Crippen molar-refractivity contribution in [2.75, 3.05) is 17.7 Å². The van der Waals surface area contributed by atoms with Gasteiger partial charge in [0, 0.05) is 23.0 Å². The Kier molecular flexibility index (Phi) is 5.46. The average Bonchev–Trinajstić information content (AvgIpc) is 2.65. The van der Waals surface area contributed by atoms with Gasteiger partial charge in [0.05, 0.1) is 12.8 Å². The lowest BCUT2D eigenvalue weighted by molar-refractivity contribution is 0.102. The minimum atomic E-state index is -1.01. The van der Waals surface area contributed by atoms with E-state index in [1.807, 2.05) is 0 Å². The monoisotopic (exact) mass is 390 g/mol. The van der Waals surface area contributed by atoms with Gasteiger partial charge in [-0.25, -0.2) is 18.7 Å². The molecular formula is C18H13ClF2N4O2. The Labute approximate surface area is 158 Å². The van der Waals surface area contributed by atoms with Crippen molar-refractivity contribution in [2.45, 2.75) is 0 Å². The molecule has 138 valence electrons. The first kappa shape index (κ1) is 18.5. The smallest absolute Gasteiger partial charge is 0.274 e. The van der Waals surface area contributed by atoms with Gasteiger partial charge in [0.25, 0.3) is 5.91 Å². The number of benzene rings is 2. The van der Waals surface area contributed by atoms with Crippen LogP contribution in [0.25, 0.3) is 0 Å². The Bertz CT molecular complexity index is 1000. The fraction of sp³-hybridized carbons (Fsp3) is 0.0556. The number of hydrogen-bond donors (Lipinski definition) is 2. The van der Waals surface area contributed by atoms with Crippen molar-refractivity contribution in [2.24, 2.45) is 0 Å². The van der Waals surface area contributed by atoms with Gasteiger partial charge >= 0.3 is 0 Å². The number of carbonyl (C=O) groups excluding carboxylic acids is 1. The highest BCUT2D eigenvalue weighted by atomic mass is 35.5. The molecule has 0 atom stereocenters. The summed E-state index contributed by atoms with van der Waals surface area (Å²) in [5, 5.41) is 5.78. The molecule has 0 aliphatic rings. The summed E-state index contributed by atoms with van der Waals surface area (Å²) in [6.45, 7) is 0. The molecule has 0 bridgehead atoms. The largest absolute Gasteiger partial charge is 0.495 e. The predicted molar refractivity (Wildman–Crippen MR) is 97.6 cm³/mol. The third-order valence-electron chi connectivity index (χ3n) is 3.47. The van der Waals surface area contributed by atoms with E-state index < -0.39 is 17.5 Å². The second-order valence-corrected chi connectivity index (χ2v) is 5.75. The van der Waals surface area contributed by atoms with E-state index in [0.717, 1.165) is 12.1 Å². The number of nitrogens with one attached hydrogen (secondary N) is 2. The van der Waals surface area contributed by atoms with Crippen LogP contribution in [0.15, 0.2) is 48.7 Å². The topological polar surface area (TPSA) is 76.1 Å². The first-order chi connectivity index (χ1) is 13.0. The van der Waals surface area contributed by atoms with E-state index in [1.54, 1.807) is 18.2 Å². The lowest BCUT2D eigenvalue weighted by atomic mass is 10.2. The number of methoxy groups -OCH3 is 1. The number of hydrogen-bond acceptors (Lipinski definition) is 5. The molecule has 9 heteroatoms. The van der Waals surface area contributed by atoms with E-state index >= 15 is 0 Å². The van der Waals surface area contributed by atoms with E-state index in [2.05, 4.69) is 20.6 Å². The van der Waals surface area contributed by atoms with Gasteiger partial charge in [-0.15, -0.1) is 0 Å². The number of ether oxygens (including phenoxy) is 1. The van der Waals surface area contributed by atoms with Crippen LogP contribution < -0.4 is 15.4 Å². The summed E-state index contributed by atoms with van der Waals surface area (Å²) >= 11 is 5.94. The first-order valence-electron chi connectivity index (χ1n) is 7.66. The third-order valence-corrected chi connectivity index (χ3v) is 3.71. The van der Waals surface area contributed by atoms with Crippen LogP contribution in [-0.2, 0) is 0 Å². The lowest BCUT2D eigenvalue weighted by Crippen LogP contribution is -2.15. The third kappa shape index (κ3) is 4.48. The van der Waals surface area contributed by atoms with Crippen molar-refractivity contribution < 1.29 is 18.3 Å². The van der Waals surface area contributed by atoms with Gasteiger partial charge in [-0.05, 0) is 36.4 Å². The summed E-state index contributed by atoms with van der Waals surface area (Å²) in [5.74, 6) is -2.02. The zero-order valence-electron chi connectivity index (χ0n) is 14.0. The van der Waals surface area contributed by atoms with Gasteiger partial charge in [0.15, 0.2) is 11.6 Å². The molecule has 3 rings (SSSR count). The number of carbonyl (C=O) groups is 1. The van der Waals surface area contributed by atoms with Crippen molar-refractivity contribution >= 4 is 34.8 Å². The Morgan fingerprint density at radius 3 is 2.67 bits per heavy atom. The molecule has 0 unspecified atom stereocenters. The highest BCUT2D eigenvalue weighted by Crippen LogP contribution is 2.28. The molecule has 0 aliphatic heterocycles. The maximum Gasteiger partial charge on any atom is 0.274 e. The average molecular weight is 391 g/mol. The summed E-state index contributed by atoms with van der Waals surface area (Å²) in [6, 6.07) is 9.45. The molecule has 6 nitrogen and oxygen atoms in total. The Hall–Kier alpha value is -3.26. The Morgan fingerprint density at radius 2 is 1.93 bits per heavy atom. The van der Waals surface area contributed by atoms with Crippen LogP contribution in [0.2, 0.25) is 5.02 Å². The zero-order chi connectivity index (χ0) is 19.4. The van der Waals surface area contributed by atoms with Crippen molar-refractivity contribution in [3.05, 3.63) is 71.0 Å². The van der Waals surface area contributed by atoms with E-state index in [9.17, 15) is 13.6 Å². The molecule has 3 aromatic rings. The maximum atomic E-state index is 13.3. The number of rotatable bonds is 5. The summed E-state index contributed by atoms with van der Waals surface area (Å²) in [7, 11) is 1.47. The van der Waals surface area contributed by atoms with Crippen LogP contribution in [-0.4, -0.2) is 23.0 Å². The first-order valence-corrected chi connectivity index (χ1v) is 8.04. The fourth-order valence-corrected chi connectivity index (χ4v) is 2.38. The van der Waals surface area contributed by atoms with Crippen LogP contribution in [0, 0.1) is 11.6 Å². The molecule has 1 amide bonds. The predicted octanol–water partition coefficient (Wildman–Crippen LogP) is 4.41. The molecule has 0 saturated heterocycles. The molecule has 1 heterocycles. The number of amides is 1. The van der Waals surface area contributed by atoms with Crippen molar-refractivity contribution in [3.8, 4) is 5.75 Å². The quantitative estimate of drug-likeness (QED) is 0.674. The Morgan fingerprint density at radius 1 is 1.11 bits per heavy atom. The molecule has 0 aliphatic carbocycles. The van der Waals surface area contributed by atoms with Gasteiger partial charge in [0.2, 0.25) is 5.95 Å². The van der Waals surface area contributed by atoms with Crippen LogP contribution in [0.5, 0.6) is 5.75 Å². The normalized spacial score (nSPS) is 10.4. The van der Waals surface area contributed by atoms with Gasteiger partial charge in [0.1, 0.15) is 11.4 Å². The second-order valence-electron chi connectivity index (χ2n) is 5.32. The number of anilines is 3. The van der Waals surface area contributed by atoms with Crippen LogP contribution >= 0.6 is 11.6 Å². The van der Waals surface area contributed by atoms with Crippen LogP contribution in [0.4, 0.5) is 26.1 Å². The second kappa shape index (κ2) is 7.96. The van der Waals surface area contributed by atoms with Gasteiger partial charge < -0.3 is 15.4 Å². The standard InChI is InChI=1S/C18H13ClF2N4O2/c1-27-16-5-2-10(19)8-15(16)24-17(26)14-6-7-22-18(25-14)23-11-3-4-12(20)13(21)9-11/h2-9H,1H3,(H,24,26)(H,22,23,25). The van der Waals surface area contributed by atoms with Gasteiger partial charge in [-0.2, -0.15) is 0 Å². The molecule has 0 radical (unpaired) electrons. The van der Waals surface area contributed by atoms with E-state index in [0.29, 0.717) is 16.5 Å². The minimum Gasteiger partial charge on any atom is -0.495 e.